The van der Waals surface area contributed by atoms with E-state index in [1.54, 1.807) is 28.4 Å². The van der Waals surface area contributed by atoms with Crippen molar-refractivity contribution in [1.82, 2.24) is 25.1 Å². The molecule has 34 heavy (non-hydrogen) atoms. The Morgan fingerprint density at radius 3 is 2.29 bits per heavy atom. The zero-order chi connectivity index (χ0) is 23.9. The molecule has 4 rings (SSSR count). The molecule has 0 bridgehead atoms. The Morgan fingerprint density at radius 1 is 0.853 bits per heavy atom. The van der Waals surface area contributed by atoms with Gasteiger partial charge in [-0.1, -0.05) is 18.2 Å². The van der Waals surface area contributed by atoms with Gasteiger partial charge in [-0.3, -0.25) is 4.90 Å². The van der Waals surface area contributed by atoms with E-state index in [0.29, 0.717) is 24.7 Å². The summed E-state index contributed by atoms with van der Waals surface area (Å²) in [6, 6.07) is 14.0. The summed E-state index contributed by atoms with van der Waals surface area (Å²) in [4.78, 5) is 4.76. The minimum atomic E-state index is -0.147. The molecule has 0 amide bonds. The number of hydrogen-bond acceptors (Lipinski definition) is 9. The molecule has 1 fully saturated rings. The van der Waals surface area contributed by atoms with E-state index in [1.807, 2.05) is 41.1 Å². The van der Waals surface area contributed by atoms with Gasteiger partial charge in [0.2, 0.25) is 0 Å². The summed E-state index contributed by atoms with van der Waals surface area (Å²) >= 11 is 0. The molecule has 1 aliphatic heterocycles. The molecular weight excluding hydrogens is 436 g/mol. The number of benzene rings is 2. The first kappa shape index (κ1) is 23.8. The van der Waals surface area contributed by atoms with Crippen LogP contribution in [0.25, 0.3) is 0 Å². The molecule has 0 aliphatic carbocycles. The van der Waals surface area contributed by atoms with Gasteiger partial charge in [0, 0.05) is 33.3 Å². The van der Waals surface area contributed by atoms with Gasteiger partial charge in [-0.15, -0.1) is 5.10 Å². The summed E-state index contributed by atoms with van der Waals surface area (Å²) in [5.74, 6) is 3.02. The number of nitrogens with zero attached hydrogens (tertiary/aromatic N) is 6. The number of para-hydroxylation sites is 2. The Kier molecular flexibility index (Phi) is 7.81. The molecule has 2 heterocycles. The quantitative estimate of drug-likeness (QED) is 0.445. The number of piperazine rings is 1. The first-order valence-corrected chi connectivity index (χ1v) is 11.3. The highest BCUT2D eigenvalue weighted by Gasteiger charge is 2.32. The van der Waals surface area contributed by atoms with Gasteiger partial charge in [-0.2, -0.15) is 0 Å². The maximum Gasteiger partial charge on any atom is 0.173 e. The van der Waals surface area contributed by atoms with E-state index in [9.17, 15) is 0 Å². The summed E-state index contributed by atoms with van der Waals surface area (Å²) in [7, 11) is 6.66. The lowest BCUT2D eigenvalue weighted by molar-refractivity contribution is 0.171. The fourth-order valence-electron chi connectivity index (χ4n) is 4.40. The van der Waals surface area contributed by atoms with Gasteiger partial charge < -0.3 is 23.8 Å². The van der Waals surface area contributed by atoms with Gasteiger partial charge in [0.15, 0.2) is 17.3 Å². The third-order valence-corrected chi connectivity index (χ3v) is 6.14. The number of rotatable bonds is 10. The number of methoxy groups -OCH3 is 4. The van der Waals surface area contributed by atoms with E-state index in [-0.39, 0.29) is 6.04 Å². The number of anilines is 1. The third kappa shape index (κ3) is 4.92. The standard InChI is InChI=1S/C24H32N6O4/c1-31-16-15-30-24(25-26-27-30)23(18-9-10-21(33-3)22(17-18)34-4)29-13-11-28(12-14-29)19-7-5-6-8-20(19)32-2/h5-10,17,23H,11-16H2,1-4H3/t23-/m0/s1. The molecule has 182 valence electrons. The molecule has 1 saturated heterocycles. The van der Waals surface area contributed by atoms with Gasteiger partial charge in [0.1, 0.15) is 5.75 Å². The van der Waals surface area contributed by atoms with Crippen molar-refractivity contribution in [1.29, 1.82) is 0 Å². The fraction of sp³-hybridized carbons (Fsp3) is 0.458. The van der Waals surface area contributed by atoms with Crippen LogP contribution in [0.2, 0.25) is 0 Å². The highest BCUT2D eigenvalue weighted by Crippen LogP contribution is 2.36. The zero-order valence-corrected chi connectivity index (χ0v) is 20.2. The van der Waals surface area contributed by atoms with Crippen molar-refractivity contribution in [3.63, 3.8) is 0 Å². The molecule has 1 aliphatic rings. The second-order valence-corrected chi connectivity index (χ2v) is 7.96. The summed E-state index contributed by atoms with van der Waals surface area (Å²) in [6.45, 7) is 4.46. The van der Waals surface area contributed by atoms with E-state index in [4.69, 9.17) is 18.9 Å². The summed E-state index contributed by atoms with van der Waals surface area (Å²) in [6.07, 6.45) is 0. The molecular formula is C24H32N6O4. The molecule has 0 spiro atoms. The minimum Gasteiger partial charge on any atom is -0.495 e. The van der Waals surface area contributed by atoms with Gasteiger partial charge in [-0.05, 0) is 40.3 Å². The van der Waals surface area contributed by atoms with Crippen LogP contribution in [0.15, 0.2) is 42.5 Å². The predicted molar refractivity (Wildman–Crippen MR) is 128 cm³/mol. The lowest BCUT2D eigenvalue weighted by Crippen LogP contribution is -2.48. The molecule has 10 heteroatoms. The largest absolute Gasteiger partial charge is 0.495 e. The predicted octanol–water partition coefficient (Wildman–Crippen LogP) is 2.26. The Bertz CT molecular complexity index is 1070. The Balaban J connectivity index is 1.64. The van der Waals surface area contributed by atoms with Gasteiger partial charge in [-0.25, -0.2) is 4.68 Å². The van der Waals surface area contributed by atoms with Crippen molar-refractivity contribution in [3.05, 3.63) is 53.9 Å². The fourth-order valence-corrected chi connectivity index (χ4v) is 4.40. The van der Waals surface area contributed by atoms with Gasteiger partial charge in [0.25, 0.3) is 0 Å². The molecule has 10 nitrogen and oxygen atoms in total. The SMILES string of the molecule is COCCn1nnnc1[C@H](c1ccc(OC)c(OC)c1)N1CCN(c2ccccc2OC)CC1. The van der Waals surface area contributed by atoms with Crippen LogP contribution in [-0.2, 0) is 11.3 Å². The Labute approximate surface area is 200 Å². The highest BCUT2D eigenvalue weighted by molar-refractivity contribution is 5.58. The van der Waals surface area contributed by atoms with E-state index in [2.05, 4.69) is 31.4 Å². The molecule has 0 radical (unpaired) electrons. The van der Waals surface area contributed by atoms with Crippen LogP contribution in [0.1, 0.15) is 17.4 Å². The number of aromatic nitrogens is 4. The highest BCUT2D eigenvalue weighted by atomic mass is 16.5. The normalized spacial score (nSPS) is 15.2. The summed E-state index contributed by atoms with van der Waals surface area (Å²) in [5, 5.41) is 12.6. The van der Waals surface area contributed by atoms with Crippen LogP contribution < -0.4 is 19.1 Å². The Morgan fingerprint density at radius 2 is 1.59 bits per heavy atom. The smallest absolute Gasteiger partial charge is 0.173 e. The van der Waals surface area contributed by atoms with Crippen molar-refractivity contribution in [2.45, 2.75) is 12.6 Å². The van der Waals surface area contributed by atoms with Crippen LogP contribution in [0.3, 0.4) is 0 Å². The maximum atomic E-state index is 5.58. The van der Waals surface area contributed by atoms with Crippen molar-refractivity contribution >= 4 is 5.69 Å². The van der Waals surface area contributed by atoms with E-state index in [1.165, 1.54) is 0 Å². The van der Waals surface area contributed by atoms with Crippen molar-refractivity contribution in [3.8, 4) is 17.2 Å². The van der Waals surface area contributed by atoms with E-state index < -0.39 is 0 Å². The first-order valence-electron chi connectivity index (χ1n) is 11.3. The van der Waals surface area contributed by atoms with Crippen LogP contribution in [0.5, 0.6) is 17.2 Å². The lowest BCUT2D eigenvalue weighted by Gasteiger charge is -2.40. The van der Waals surface area contributed by atoms with E-state index >= 15 is 0 Å². The second-order valence-electron chi connectivity index (χ2n) is 7.96. The van der Waals surface area contributed by atoms with Gasteiger partial charge >= 0.3 is 0 Å². The average Bonchev–Trinajstić information content (AvgIpc) is 3.35. The van der Waals surface area contributed by atoms with Crippen molar-refractivity contribution < 1.29 is 18.9 Å². The second kappa shape index (κ2) is 11.2. The number of hydrogen-bond donors (Lipinski definition) is 0. The number of tetrazole rings is 1. The average molecular weight is 469 g/mol. The molecule has 1 atom stereocenters. The van der Waals surface area contributed by atoms with E-state index in [0.717, 1.165) is 49.0 Å². The van der Waals surface area contributed by atoms with Crippen LogP contribution in [0.4, 0.5) is 5.69 Å². The van der Waals surface area contributed by atoms with Gasteiger partial charge in [0.05, 0.1) is 46.2 Å². The van der Waals surface area contributed by atoms with Crippen molar-refractivity contribution in [2.24, 2.45) is 0 Å². The molecule has 0 N–H and O–H groups in total. The summed E-state index contributed by atoms with van der Waals surface area (Å²) in [5.41, 5.74) is 2.15. The number of ether oxygens (including phenoxy) is 4. The maximum absolute atomic E-state index is 5.58. The monoisotopic (exact) mass is 468 g/mol. The van der Waals surface area contributed by atoms with Crippen LogP contribution >= 0.6 is 0 Å². The van der Waals surface area contributed by atoms with Crippen LogP contribution in [-0.4, -0.2) is 86.3 Å². The Hall–Kier alpha value is -3.37. The minimum absolute atomic E-state index is 0.147. The molecule has 1 aromatic heterocycles. The molecule has 0 unspecified atom stereocenters. The van der Waals surface area contributed by atoms with Crippen LogP contribution in [0, 0.1) is 0 Å². The molecule has 3 aromatic rings. The lowest BCUT2D eigenvalue weighted by atomic mass is 10.0. The van der Waals surface area contributed by atoms with Crippen molar-refractivity contribution in [2.75, 3.05) is 66.1 Å². The summed E-state index contributed by atoms with van der Waals surface area (Å²) < 4.78 is 23.7. The topological polar surface area (TPSA) is 87.0 Å². The molecule has 0 saturated carbocycles. The molecule has 2 aromatic carbocycles. The zero-order valence-electron chi connectivity index (χ0n) is 20.2. The third-order valence-electron chi connectivity index (χ3n) is 6.14. The first-order chi connectivity index (χ1) is 16.7.